The fourth-order valence-corrected chi connectivity index (χ4v) is 4.95. The summed E-state index contributed by atoms with van der Waals surface area (Å²) in [5.74, 6) is 1.34. The van der Waals surface area contributed by atoms with Crippen LogP contribution in [0.1, 0.15) is 40.4 Å². The van der Waals surface area contributed by atoms with Crippen LogP contribution in [0.3, 0.4) is 0 Å². The first-order valence-electron chi connectivity index (χ1n) is 11.8. The monoisotopic (exact) mass is 466 g/mol. The van der Waals surface area contributed by atoms with E-state index in [1.54, 1.807) is 14.2 Å². The van der Waals surface area contributed by atoms with Crippen molar-refractivity contribution >= 4 is 18.0 Å². The second kappa shape index (κ2) is 10.8. The Bertz CT molecular complexity index is 1020. The van der Waals surface area contributed by atoms with E-state index in [-0.39, 0.29) is 11.9 Å². The predicted molar refractivity (Wildman–Crippen MR) is 132 cm³/mol. The van der Waals surface area contributed by atoms with Gasteiger partial charge in [-0.3, -0.25) is 9.59 Å². The molecule has 1 fully saturated rings. The van der Waals surface area contributed by atoms with Gasteiger partial charge < -0.3 is 29.5 Å². The lowest BCUT2D eigenvalue weighted by atomic mass is 9.99. The third-order valence-electron chi connectivity index (χ3n) is 6.87. The minimum Gasteiger partial charge on any atom is -0.493 e. The van der Waals surface area contributed by atoms with Crippen molar-refractivity contribution < 1.29 is 19.1 Å². The lowest BCUT2D eigenvalue weighted by molar-refractivity contribution is -0.109. The molecule has 0 radical (unpaired) electrons. The Kier molecular flexibility index (Phi) is 7.57. The summed E-state index contributed by atoms with van der Waals surface area (Å²) in [6.07, 6.45) is 2.19. The van der Waals surface area contributed by atoms with E-state index < -0.39 is 0 Å². The highest BCUT2D eigenvalue weighted by Gasteiger charge is 2.36. The van der Waals surface area contributed by atoms with Crippen LogP contribution in [-0.2, 0) is 11.3 Å². The largest absolute Gasteiger partial charge is 0.493 e. The van der Waals surface area contributed by atoms with Crippen LogP contribution in [0.25, 0.3) is 0 Å². The number of rotatable bonds is 10. The zero-order chi connectivity index (χ0) is 24.1. The normalized spacial score (nSPS) is 16.9. The molecule has 1 saturated heterocycles. The average molecular weight is 467 g/mol. The van der Waals surface area contributed by atoms with Gasteiger partial charge in [0.1, 0.15) is 0 Å². The molecule has 1 atom stereocenters. The van der Waals surface area contributed by atoms with Gasteiger partial charge in [-0.05, 0) is 49.7 Å². The molecule has 0 bridgehead atoms. The Labute approximate surface area is 201 Å². The quantitative estimate of drug-likeness (QED) is 0.429. The van der Waals surface area contributed by atoms with Crippen LogP contribution in [0, 0.1) is 0 Å². The van der Waals surface area contributed by atoms with Crippen LogP contribution in [0.5, 0.6) is 11.5 Å². The summed E-state index contributed by atoms with van der Waals surface area (Å²) in [6.45, 7) is 5.07. The maximum atomic E-state index is 13.6. The summed E-state index contributed by atoms with van der Waals surface area (Å²) in [7, 11) is 5.37. The van der Waals surface area contributed by atoms with Crippen LogP contribution in [0.15, 0.2) is 36.4 Å². The van der Waals surface area contributed by atoms with Gasteiger partial charge in [0.25, 0.3) is 5.91 Å². The Balaban J connectivity index is 1.64. The van der Waals surface area contributed by atoms with Crippen molar-refractivity contribution in [1.29, 1.82) is 0 Å². The molecule has 34 heavy (non-hydrogen) atoms. The number of hydrogen-bond acceptors (Lipinski definition) is 6. The molecule has 1 N–H and O–H groups in total. The van der Waals surface area contributed by atoms with Gasteiger partial charge in [-0.15, -0.1) is 0 Å². The molecule has 2 amide bonds. The summed E-state index contributed by atoms with van der Waals surface area (Å²) in [5, 5.41) is 2.73. The standard InChI is InChI=1S/C26H34N4O4/c1-28-12-14-29(15-13-28)23-7-4-6-20-21(23)17-30(26(20)32)22(8-5-11-27-18-31)19-9-10-24(33-2)25(16-19)34-3/h4,6-7,9-10,16,18,22H,5,8,11-15,17H2,1-3H3,(H,27,31)/t22-/m1/s1. The van der Waals surface area contributed by atoms with Crippen LogP contribution < -0.4 is 19.7 Å². The summed E-state index contributed by atoms with van der Waals surface area (Å²) in [6, 6.07) is 11.8. The van der Waals surface area contributed by atoms with Crippen molar-refractivity contribution in [2.45, 2.75) is 25.4 Å². The number of carbonyl (C=O) groups excluding carboxylic acids is 2. The number of hydrogen-bond donors (Lipinski definition) is 1. The van der Waals surface area contributed by atoms with E-state index in [2.05, 4.69) is 28.2 Å². The molecule has 0 spiro atoms. The van der Waals surface area contributed by atoms with E-state index >= 15 is 0 Å². The molecule has 4 rings (SSSR count). The number of nitrogens with one attached hydrogen (secondary N) is 1. The molecule has 8 heteroatoms. The fourth-order valence-electron chi connectivity index (χ4n) is 4.95. The number of amides is 2. The maximum Gasteiger partial charge on any atom is 0.255 e. The summed E-state index contributed by atoms with van der Waals surface area (Å²) < 4.78 is 10.9. The van der Waals surface area contributed by atoms with Crippen molar-refractivity contribution in [2.75, 3.05) is 58.9 Å². The number of anilines is 1. The Morgan fingerprint density at radius 1 is 1.06 bits per heavy atom. The molecule has 182 valence electrons. The molecule has 2 aliphatic rings. The number of carbonyl (C=O) groups is 2. The Morgan fingerprint density at radius 3 is 2.53 bits per heavy atom. The van der Waals surface area contributed by atoms with Crippen LogP contribution in [0.2, 0.25) is 0 Å². The number of piperazine rings is 1. The van der Waals surface area contributed by atoms with Crippen LogP contribution in [0.4, 0.5) is 5.69 Å². The van der Waals surface area contributed by atoms with Crippen molar-refractivity contribution in [3.8, 4) is 11.5 Å². The van der Waals surface area contributed by atoms with Gasteiger partial charge in [0.15, 0.2) is 11.5 Å². The number of nitrogens with zero attached hydrogens (tertiary/aromatic N) is 3. The number of methoxy groups -OCH3 is 2. The number of likely N-dealkylation sites (N-methyl/N-ethyl adjacent to an activating group) is 1. The molecule has 2 heterocycles. The third kappa shape index (κ3) is 4.82. The van der Waals surface area contributed by atoms with Gasteiger partial charge in [0.2, 0.25) is 6.41 Å². The lowest BCUT2D eigenvalue weighted by Gasteiger charge is -2.35. The second-order valence-electron chi connectivity index (χ2n) is 8.87. The first kappa shape index (κ1) is 23.9. The highest BCUT2D eigenvalue weighted by atomic mass is 16.5. The molecular formula is C26H34N4O4. The second-order valence-corrected chi connectivity index (χ2v) is 8.87. The molecule has 8 nitrogen and oxygen atoms in total. The Morgan fingerprint density at radius 2 is 1.82 bits per heavy atom. The van der Waals surface area contributed by atoms with Crippen LogP contribution in [-0.4, -0.2) is 76.1 Å². The van der Waals surface area contributed by atoms with Gasteiger partial charge in [-0.2, -0.15) is 0 Å². The summed E-state index contributed by atoms with van der Waals surface area (Å²) >= 11 is 0. The van der Waals surface area contributed by atoms with Crippen molar-refractivity contribution in [2.24, 2.45) is 0 Å². The first-order chi connectivity index (χ1) is 16.6. The van der Waals surface area contributed by atoms with E-state index in [1.807, 2.05) is 35.2 Å². The summed E-state index contributed by atoms with van der Waals surface area (Å²) in [5.41, 5.74) is 4.04. The molecular weight excluding hydrogens is 432 g/mol. The zero-order valence-corrected chi connectivity index (χ0v) is 20.3. The molecule has 0 aliphatic carbocycles. The van der Waals surface area contributed by atoms with E-state index in [1.165, 1.54) is 0 Å². The molecule has 0 saturated carbocycles. The smallest absolute Gasteiger partial charge is 0.255 e. The van der Waals surface area contributed by atoms with E-state index in [4.69, 9.17) is 9.47 Å². The van der Waals surface area contributed by atoms with Gasteiger partial charge in [-0.1, -0.05) is 12.1 Å². The minimum absolute atomic E-state index is 0.0501. The van der Waals surface area contributed by atoms with Gasteiger partial charge >= 0.3 is 0 Å². The Hall–Kier alpha value is -3.26. The molecule has 2 aromatic carbocycles. The molecule has 0 aromatic heterocycles. The van der Waals surface area contributed by atoms with E-state index in [9.17, 15) is 9.59 Å². The SMILES string of the molecule is COc1ccc([C@@H](CCCNC=O)N2Cc3c(cccc3N3CCN(C)CC3)C2=O)cc1OC. The highest BCUT2D eigenvalue weighted by Crippen LogP contribution is 2.40. The van der Waals surface area contributed by atoms with Crippen LogP contribution >= 0.6 is 0 Å². The third-order valence-corrected chi connectivity index (χ3v) is 6.87. The van der Waals surface area contributed by atoms with Gasteiger partial charge in [0, 0.05) is 56.1 Å². The topological polar surface area (TPSA) is 74.4 Å². The summed E-state index contributed by atoms with van der Waals surface area (Å²) in [4.78, 5) is 31.1. The lowest BCUT2D eigenvalue weighted by Crippen LogP contribution is -2.44. The average Bonchev–Trinajstić information content (AvgIpc) is 3.20. The van der Waals surface area contributed by atoms with Crippen molar-refractivity contribution in [3.05, 3.63) is 53.1 Å². The molecule has 2 aromatic rings. The molecule has 2 aliphatic heterocycles. The predicted octanol–water partition coefficient (Wildman–Crippen LogP) is 2.68. The first-order valence-corrected chi connectivity index (χ1v) is 11.8. The van der Waals surface area contributed by atoms with Gasteiger partial charge in [0.05, 0.1) is 20.3 Å². The minimum atomic E-state index is -0.145. The van der Waals surface area contributed by atoms with Gasteiger partial charge in [-0.25, -0.2) is 0 Å². The van der Waals surface area contributed by atoms with Crippen molar-refractivity contribution in [3.63, 3.8) is 0 Å². The maximum absolute atomic E-state index is 13.6. The fraction of sp³-hybridized carbons (Fsp3) is 0.462. The van der Waals surface area contributed by atoms with Crippen molar-refractivity contribution in [1.82, 2.24) is 15.1 Å². The van der Waals surface area contributed by atoms with E-state index in [0.29, 0.717) is 31.0 Å². The van der Waals surface area contributed by atoms with E-state index in [0.717, 1.165) is 61.4 Å². The number of benzene rings is 2. The number of ether oxygens (including phenoxy) is 2. The highest BCUT2D eigenvalue weighted by molar-refractivity contribution is 6.00. The molecule has 0 unspecified atom stereocenters. The number of fused-ring (bicyclic) bond motifs is 1. The zero-order valence-electron chi connectivity index (χ0n) is 20.3.